The fraction of sp³-hybridized carbons (Fsp3) is 0.167. The molecule has 0 bridgehead atoms. The lowest BCUT2D eigenvalue weighted by Crippen LogP contribution is -2.39. The molecule has 0 radical (unpaired) electrons. The van der Waals surface area contributed by atoms with Gasteiger partial charge in [-0.15, -0.1) is 11.3 Å². The van der Waals surface area contributed by atoms with Gasteiger partial charge in [-0.3, -0.25) is 9.36 Å². The zero-order valence-corrected chi connectivity index (χ0v) is 24.1. The highest BCUT2D eigenvalue weighted by Gasteiger charge is 2.33. The number of hydrogen-bond donors (Lipinski definition) is 0. The minimum atomic E-state index is -0.589. The van der Waals surface area contributed by atoms with E-state index in [0.717, 1.165) is 21.3 Å². The first-order chi connectivity index (χ1) is 19.5. The Bertz CT molecular complexity index is 1950. The van der Waals surface area contributed by atoms with Gasteiger partial charge in [-0.25, -0.2) is 9.79 Å². The molecule has 0 fully saturated rings. The third kappa shape index (κ3) is 4.70. The number of rotatable bonds is 7. The smallest absolute Gasteiger partial charge is 0.338 e. The maximum absolute atomic E-state index is 13.9. The van der Waals surface area contributed by atoms with Crippen molar-refractivity contribution >= 4 is 57.2 Å². The third-order valence-corrected chi connectivity index (χ3v) is 8.99. The monoisotopic (exact) mass is 589 g/mol. The second-order valence-corrected chi connectivity index (χ2v) is 11.6. The first kappa shape index (κ1) is 26.3. The van der Waals surface area contributed by atoms with Crippen LogP contribution in [0.1, 0.15) is 23.4 Å². The van der Waals surface area contributed by atoms with Gasteiger partial charge >= 0.3 is 5.97 Å². The zero-order chi connectivity index (χ0) is 27.8. The molecule has 10 heteroatoms. The van der Waals surface area contributed by atoms with Gasteiger partial charge in [0.25, 0.3) is 5.56 Å². The maximum Gasteiger partial charge on any atom is 0.338 e. The molecule has 4 heterocycles. The van der Waals surface area contributed by atoms with Gasteiger partial charge in [0, 0.05) is 27.5 Å². The number of carbonyl (C=O) groups excluding carboxylic acids is 1. The van der Waals surface area contributed by atoms with Crippen LogP contribution in [0.4, 0.5) is 0 Å². The van der Waals surface area contributed by atoms with Crippen molar-refractivity contribution in [2.45, 2.75) is 19.5 Å². The van der Waals surface area contributed by atoms with E-state index >= 15 is 0 Å². The number of para-hydroxylation sites is 2. The van der Waals surface area contributed by atoms with Crippen LogP contribution in [0.5, 0.6) is 5.75 Å². The topological polar surface area (TPSA) is 74.8 Å². The van der Waals surface area contributed by atoms with E-state index in [4.69, 9.17) is 21.1 Å². The Kier molecular flexibility index (Phi) is 7.18. The highest BCUT2D eigenvalue weighted by atomic mass is 35.5. The average molecular weight is 590 g/mol. The van der Waals surface area contributed by atoms with Crippen molar-refractivity contribution in [3.8, 4) is 5.75 Å². The summed E-state index contributed by atoms with van der Waals surface area (Å²) in [5, 5.41) is 3.52. The summed E-state index contributed by atoms with van der Waals surface area (Å²) >= 11 is 9.04. The quantitative estimate of drug-likeness (QED) is 0.246. The van der Waals surface area contributed by atoms with Gasteiger partial charge in [0.05, 0.1) is 34.5 Å². The van der Waals surface area contributed by atoms with Crippen molar-refractivity contribution in [1.29, 1.82) is 0 Å². The first-order valence-electron chi connectivity index (χ1n) is 12.6. The summed E-state index contributed by atoms with van der Waals surface area (Å²) in [4.78, 5) is 32.7. The number of halogens is 1. The number of aromatic nitrogens is 2. The largest absolute Gasteiger partial charge is 0.490 e. The van der Waals surface area contributed by atoms with Crippen molar-refractivity contribution in [3.05, 3.63) is 119 Å². The molecule has 2 aromatic carbocycles. The molecule has 0 N–H and O–H groups in total. The Morgan fingerprint density at radius 3 is 2.70 bits per heavy atom. The molecule has 3 aromatic heterocycles. The number of methoxy groups -OCH3 is 1. The molecule has 0 saturated carbocycles. The van der Waals surface area contributed by atoms with Gasteiger partial charge in [-0.1, -0.05) is 59.3 Å². The molecule has 1 atom stereocenters. The highest BCUT2D eigenvalue weighted by Crippen LogP contribution is 2.33. The van der Waals surface area contributed by atoms with Crippen LogP contribution in [0.15, 0.2) is 93.3 Å². The van der Waals surface area contributed by atoms with Gasteiger partial charge in [0.15, 0.2) is 4.80 Å². The van der Waals surface area contributed by atoms with E-state index in [-0.39, 0.29) is 5.56 Å². The first-order valence-corrected chi connectivity index (χ1v) is 14.6. The highest BCUT2D eigenvalue weighted by molar-refractivity contribution is 7.10. The molecular formula is C30H24ClN3O4S2. The number of thiophene rings is 1. The lowest BCUT2D eigenvalue weighted by Gasteiger charge is -2.22. The summed E-state index contributed by atoms with van der Waals surface area (Å²) in [6.45, 7) is 2.81. The molecule has 0 saturated heterocycles. The molecule has 40 heavy (non-hydrogen) atoms. The van der Waals surface area contributed by atoms with Crippen molar-refractivity contribution in [1.82, 2.24) is 9.13 Å². The predicted molar refractivity (Wildman–Crippen MR) is 159 cm³/mol. The van der Waals surface area contributed by atoms with Crippen LogP contribution in [-0.2, 0) is 16.1 Å². The molecular weight excluding hydrogens is 566 g/mol. The van der Waals surface area contributed by atoms with E-state index < -0.39 is 12.0 Å². The summed E-state index contributed by atoms with van der Waals surface area (Å²) < 4.78 is 15.3. The van der Waals surface area contributed by atoms with Crippen LogP contribution >= 0.6 is 34.3 Å². The van der Waals surface area contributed by atoms with Gasteiger partial charge in [0.2, 0.25) is 0 Å². The molecule has 202 valence electrons. The normalized spacial score (nSPS) is 15.3. The summed E-state index contributed by atoms with van der Waals surface area (Å²) in [6, 6.07) is 18.7. The molecule has 1 aliphatic rings. The Morgan fingerprint density at radius 2 is 1.93 bits per heavy atom. The van der Waals surface area contributed by atoms with E-state index in [1.807, 2.05) is 72.3 Å². The van der Waals surface area contributed by atoms with Crippen molar-refractivity contribution in [3.63, 3.8) is 0 Å². The fourth-order valence-electron chi connectivity index (χ4n) is 4.94. The number of esters is 1. The number of nitrogens with zero attached hydrogens (tertiary/aromatic N) is 3. The molecule has 5 aromatic rings. The Morgan fingerprint density at radius 1 is 1.12 bits per heavy atom. The van der Waals surface area contributed by atoms with Crippen LogP contribution in [0.25, 0.3) is 17.0 Å². The standard InChI is InChI=1S/C30H24ClN3O4S2/c1-18-26(29(36)37-2)27(24-12-7-15-39-24)34-28(35)25(40-30(34)32-18)16-19-17-33(22-10-5-3-8-20(19)22)13-14-38-23-11-6-4-9-21(23)31/h3-12,15-17,27H,13-14H2,1-2H3. The van der Waals surface area contributed by atoms with Crippen LogP contribution in [0.2, 0.25) is 5.02 Å². The number of benzene rings is 2. The lowest BCUT2D eigenvalue weighted by atomic mass is 10.0. The molecule has 1 unspecified atom stereocenters. The summed E-state index contributed by atoms with van der Waals surface area (Å²) in [7, 11) is 1.34. The van der Waals surface area contributed by atoms with Crippen molar-refractivity contribution in [2.75, 3.05) is 13.7 Å². The van der Waals surface area contributed by atoms with Crippen LogP contribution in [-0.4, -0.2) is 28.8 Å². The molecule has 1 aliphatic heterocycles. The molecule has 6 rings (SSSR count). The average Bonchev–Trinajstić information content (AvgIpc) is 3.68. The van der Waals surface area contributed by atoms with Crippen LogP contribution in [0, 0.1) is 0 Å². The number of thiazole rings is 1. The van der Waals surface area contributed by atoms with Gasteiger partial charge in [0.1, 0.15) is 18.4 Å². The minimum absolute atomic E-state index is 0.199. The second kappa shape index (κ2) is 10.9. The minimum Gasteiger partial charge on any atom is -0.490 e. The third-order valence-electron chi connectivity index (χ3n) is 6.77. The van der Waals surface area contributed by atoms with Crippen molar-refractivity contribution in [2.24, 2.45) is 4.99 Å². The molecule has 7 nitrogen and oxygen atoms in total. The number of carbonyl (C=O) groups is 1. The van der Waals surface area contributed by atoms with E-state index in [0.29, 0.717) is 44.5 Å². The van der Waals surface area contributed by atoms with Crippen LogP contribution < -0.4 is 19.6 Å². The van der Waals surface area contributed by atoms with E-state index in [1.165, 1.54) is 29.8 Å². The Balaban J connectivity index is 1.41. The SMILES string of the molecule is COC(=O)C1=C(C)N=c2sc(=Cc3cn(CCOc4ccccc4Cl)c4ccccc34)c(=O)n2C1c1cccs1. The fourth-order valence-corrected chi connectivity index (χ4v) is 6.99. The predicted octanol–water partition coefficient (Wildman–Crippen LogP) is 5.16. The lowest BCUT2D eigenvalue weighted by molar-refractivity contribution is -0.136. The number of allylic oxidation sites excluding steroid dienone is 1. The van der Waals surface area contributed by atoms with Gasteiger partial charge in [-0.2, -0.15) is 0 Å². The van der Waals surface area contributed by atoms with Gasteiger partial charge < -0.3 is 14.0 Å². The summed E-state index contributed by atoms with van der Waals surface area (Å²) in [5.41, 5.74) is 2.67. The molecule has 0 spiro atoms. The van der Waals surface area contributed by atoms with Crippen LogP contribution in [0.3, 0.4) is 0 Å². The Labute approximate surface area is 242 Å². The second-order valence-electron chi connectivity index (χ2n) is 9.16. The van der Waals surface area contributed by atoms with Gasteiger partial charge in [-0.05, 0) is 42.6 Å². The number of hydrogen-bond acceptors (Lipinski definition) is 7. The van der Waals surface area contributed by atoms with E-state index in [9.17, 15) is 9.59 Å². The number of fused-ring (bicyclic) bond motifs is 2. The Hall–Kier alpha value is -3.92. The summed E-state index contributed by atoms with van der Waals surface area (Å²) in [5.74, 6) is 0.153. The number of ether oxygens (including phenoxy) is 2. The van der Waals surface area contributed by atoms with Crippen molar-refractivity contribution < 1.29 is 14.3 Å². The molecule has 0 aliphatic carbocycles. The molecule has 0 amide bonds. The van der Waals surface area contributed by atoms with E-state index in [2.05, 4.69) is 9.56 Å². The summed E-state index contributed by atoms with van der Waals surface area (Å²) in [6.07, 6.45) is 3.93. The zero-order valence-electron chi connectivity index (χ0n) is 21.7. The van der Waals surface area contributed by atoms with E-state index in [1.54, 1.807) is 17.6 Å². The maximum atomic E-state index is 13.9.